The van der Waals surface area contributed by atoms with Crippen LogP contribution in [0.25, 0.3) is 0 Å². The van der Waals surface area contributed by atoms with Crippen molar-refractivity contribution in [3.8, 4) is 0 Å². The largest absolute Gasteiger partial charge is 0.100 e. The third kappa shape index (κ3) is 4.18. The Labute approximate surface area is 108 Å². The summed E-state index contributed by atoms with van der Waals surface area (Å²) >= 11 is 0. The highest BCUT2D eigenvalue weighted by molar-refractivity contribution is 5.05. The lowest BCUT2D eigenvalue weighted by molar-refractivity contribution is 0.355. The Bertz CT molecular complexity index is 275. The fourth-order valence-electron chi connectivity index (χ4n) is 3.26. The Balaban J connectivity index is 2.64. The molecule has 0 aromatic heterocycles. The molecule has 1 saturated carbocycles. The van der Waals surface area contributed by atoms with Gasteiger partial charge >= 0.3 is 0 Å². The van der Waals surface area contributed by atoms with Gasteiger partial charge < -0.3 is 0 Å². The average Bonchev–Trinajstić information content (AvgIpc) is 2.62. The molecule has 0 aromatic rings. The molecule has 17 heavy (non-hydrogen) atoms. The molecule has 1 rings (SSSR count). The van der Waals surface area contributed by atoms with E-state index in [-0.39, 0.29) is 0 Å². The normalized spacial score (nSPS) is 31.4. The summed E-state index contributed by atoms with van der Waals surface area (Å²) in [4.78, 5) is 0. The third-order valence-electron chi connectivity index (χ3n) is 4.05. The van der Waals surface area contributed by atoms with Gasteiger partial charge in [-0.2, -0.15) is 0 Å². The Morgan fingerprint density at radius 1 is 1.18 bits per heavy atom. The molecule has 3 unspecified atom stereocenters. The zero-order valence-corrected chi connectivity index (χ0v) is 11.9. The van der Waals surface area contributed by atoms with Crippen LogP contribution in [0.15, 0.2) is 36.5 Å². The third-order valence-corrected chi connectivity index (χ3v) is 4.05. The fraction of sp³-hybridized carbons (Fsp3) is 0.647. The summed E-state index contributed by atoms with van der Waals surface area (Å²) in [7, 11) is 0. The molecule has 1 fully saturated rings. The maximum atomic E-state index is 4.05. The van der Waals surface area contributed by atoms with Crippen molar-refractivity contribution in [2.24, 2.45) is 23.7 Å². The predicted molar refractivity (Wildman–Crippen MR) is 77.9 cm³/mol. The van der Waals surface area contributed by atoms with E-state index in [2.05, 4.69) is 58.6 Å². The van der Waals surface area contributed by atoms with Crippen LogP contribution in [0.3, 0.4) is 0 Å². The first-order valence-corrected chi connectivity index (χ1v) is 6.98. The van der Waals surface area contributed by atoms with Gasteiger partial charge in [0.2, 0.25) is 0 Å². The molecule has 0 saturated heterocycles. The van der Waals surface area contributed by atoms with Gasteiger partial charge in [-0.1, -0.05) is 36.8 Å². The number of hydrogen-bond acceptors (Lipinski definition) is 0. The van der Waals surface area contributed by atoms with Crippen LogP contribution in [0.4, 0.5) is 0 Å². The van der Waals surface area contributed by atoms with E-state index in [0.29, 0.717) is 0 Å². The molecule has 0 aliphatic heterocycles. The van der Waals surface area contributed by atoms with Crippen LogP contribution < -0.4 is 0 Å². The van der Waals surface area contributed by atoms with Gasteiger partial charge in [0, 0.05) is 0 Å². The number of rotatable bonds is 5. The zero-order chi connectivity index (χ0) is 12.8. The van der Waals surface area contributed by atoms with Crippen LogP contribution in [-0.4, -0.2) is 0 Å². The topological polar surface area (TPSA) is 0 Å². The fourth-order valence-corrected chi connectivity index (χ4v) is 3.26. The maximum Gasteiger partial charge on any atom is -0.0168 e. The van der Waals surface area contributed by atoms with Crippen molar-refractivity contribution in [2.75, 3.05) is 0 Å². The van der Waals surface area contributed by atoms with E-state index in [1.54, 1.807) is 0 Å². The molecular weight excluding hydrogens is 204 g/mol. The second kappa shape index (κ2) is 6.83. The van der Waals surface area contributed by atoms with Gasteiger partial charge in [-0.3, -0.25) is 0 Å². The van der Waals surface area contributed by atoms with Gasteiger partial charge in [-0.05, 0) is 63.7 Å². The SMILES string of the molecule is C=C(C)CC(C)C1CC(/C=C\C)C(/C=C\C)C1. The predicted octanol–water partition coefficient (Wildman–Crippen LogP) is 5.38. The molecule has 1 aliphatic carbocycles. The highest BCUT2D eigenvalue weighted by Gasteiger charge is 2.33. The van der Waals surface area contributed by atoms with Crippen LogP contribution in [0, 0.1) is 23.7 Å². The highest BCUT2D eigenvalue weighted by Crippen LogP contribution is 2.43. The summed E-state index contributed by atoms with van der Waals surface area (Å²) in [6.45, 7) is 12.9. The highest BCUT2D eigenvalue weighted by atomic mass is 14.4. The van der Waals surface area contributed by atoms with Gasteiger partial charge in [-0.25, -0.2) is 0 Å². The van der Waals surface area contributed by atoms with E-state index in [9.17, 15) is 0 Å². The van der Waals surface area contributed by atoms with E-state index < -0.39 is 0 Å². The second-order valence-corrected chi connectivity index (χ2v) is 5.75. The summed E-state index contributed by atoms with van der Waals surface area (Å²) in [5.41, 5.74) is 1.33. The minimum absolute atomic E-state index is 0.758. The van der Waals surface area contributed by atoms with Crippen LogP contribution >= 0.6 is 0 Å². The van der Waals surface area contributed by atoms with Crippen LogP contribution in [0.1, 0.15) is 47.0 Å². The van der Waals surface area contributed by atoms with Gasteiger partial charge in [0.1, 0.15) is 0 Å². The van der Waals surface area contributed by atoms with Gasteiger partial charge in [0.05, 0.1) is 0 Å². The standard InChI is InChI=1S/C17H28/c1-6-8-15-11-17(12-16(15)9-7-2)14(5)10-13(3)4/h6-9,14-17H,3,10-12H2,1-2,4-5H3/b8-6-,9-7-. The molecule has 96 valence electrons. The first kappa shape index (κ1) is 14.3. The monoisotopic (exact) mass is 232 g/mol. The van der Waals surface area contributed by atoms with Crippen LogP contribution in [0.2, 0.25) is 0 Å². The van der Waals surface area contributed by atoms with Crippen molar-refractivity contribution in [1.29, 1.82) is 0 Å². The zero-order valence-electron chi connectivity index (χ0n) is 11.9. The van der Waals surface area contributed by atoms with E-state index in [1.165, 1.54) is 24.8 Å². The molecule has 0 heteroatoms. The van der Waals surface area contributed by atoms with Crippen molar-refractivity contribution in [2.45, 2.75) is 47.0 Å². The van der Waals surface area contributed by atoms with Gasteiger partial charge in [-0.15, -0.1) is 6.58 Å². The van der Waals surface area contributed by atoms with E-state index >= 15 is 0 Å². The summed E-state index contributed by atoms with van der Waals surface area (Å²) < 4.78 is 0. The minimum atomic E-state index is 0.758. The van der Waals surface area contributed by atoms with Crippen molar-refractivity contribution >= 4 is 0 Å². The summed E-state index contributed by atoms with van der Waals surface area (Å²) in [6.07, 6.45) is 13.1. The molecule has 0 amide bonds. The van der Waals surface area contributed by atoms with Gasteiger partial charge in [0.15, 0.2) is 0 Å². The summed E-state index contributed by atoms with van der Waals surface area (Å²) in [5.74, 6) is 3.17. The second-order valence-electron chi connectivity index (χ2n) is 5.75. The molecule has 0 bridgehead atoms. The lowest BCUT2D eigenvalue weighted by atomic mass is 9.87. The molecule has 3 atom stereocenters. The molecule has 0 radical (unpaired) electrons. The first-order valence-electron chi connectivity index (χ1n) is 6.98. The lowest BCUT2D eigenvalue weighted by Crippen LogP contribution is -2.08. The molecular formula is C17H28. The van der Waals surface area contributed by atoms with E-state index in [0.717, 1.165) is 23.7 Å². The summed E-state index contributed by atoms with van der Waals surface area (Å²) in [6, 6.07) is 0. The Kier molecular flexibility index (Phi) is 5.74. The summed E-state index contributed by atoms with van der Waals surface area (Å²) in [5, 5.41) is 0. The van der Waals surface area contributed by atoms with Crippen molar-refractivity contribution in [3.63, 3.8) is 0 Å². The van der Waals surface area contributed by atoms with E-state index in [4.69, 9.17) is 0 Å². The van der Waals surface area contributed by atoms with Crippen LogP contribution in [0.5, 0.6) is 0 Å². The molecule has 0 nitrogen and oxygen atoms in total. The number of hydrogen-bond donors (Lipinski definition) is 0. The Hall–Kier alpha value is -0.780. The molecule has 1 aliphatic rings. The smallest absolute Gasteiger partial charge is 0.0168 e. The van der Waals surface area contributed by atoms with Crippen LogP contribution in [-0.2, 0) is 0 Å². The van der Waals surface area contributed by atoms with Crippen molar-refractivity contribution < 1.29 is 0 Å². The molecule has 0 N–H and O–H groups in total. The Morgan fingerprint density at radius 2 is 1.65 bits per heavy atom. The van der Waals surface area contributed by atoms with Crippen molar-refractivity contribution in [1.82, 2.24) is 0 Å². The number of allylic oxidation sites excluding steroid dienone is 5. The van der Waals surface area contributed by atoms with Crippen molar-refractivity contribution in [3.05, 3.63) is 36.5 Å². The average molecular weight is 232 g/mol. The minimum Gasteiger partial charge on any atom is -0.100 e. The molecule has 0 spiro atoms. The van der Waals surface area contributed by atoms with Gasteiger partial charge in [0.25, 0.3) is 0 Å². The Morgan fingerprint density at radius 3 is 2.00 bits per heavy atom. The van der Waals surface area contributed by atoms with E-state index in [1.807, 2.05) is 0 Å². The lowest BCUT2D eigenvalue weighted by Gasteiger charge is -2.19. The maximum absolute atomic E-state index is 4.05. The molecule has 0 heterocycles. The quantitative estimate of drug-likeness (QED) is 0.558. The molecule has 0 aromatic carbocycles. The first-order chi connectivity index (χ1) is 8.08.